The summed E-state index contributed by atoms with van der Waals surface area (Å²) in [6.07, 6.45) is 1.19. The molecule has 0 atom stereocenters. The highest BCUT2D eigenvalue weighted by molar-refractivity contribution is 7.19. The number of nitrogens with one attached hydrogen (secondary N) is 2. The van der Waals surface area contributed by atoms with E-state index in [0.717, 1.165) is 11.3 Å². The van der Waals surface area contributed by atoms with Crippen molar-refractivity contribution in [2.45, 2.75) is 6.54 Å². The first-order valence-corrected chi connectivity index (χ1v) is 6.29. The molecule has 6 N–H and O–H groups in total. The average molecular weight is 296 g/mol. The fraction of sp³-hybridized carbons (Fsp3) is 0.200. The molecule has 0 aliphatic heterocycles. The van der Waals surface area contributed by atoms with Crippen LogP contribution in [0.4, 0.5) is 10.7 Å². The Balaban J connectivity index is 2.31. The Kier molecular flexibility index (Phi) is 3.84. The number of anilines is 2. The van der Waals surface area contributed by atoms with Gasteiger partial charge in [-0.15, -0.1) is 11.3 Å². The lowest BCUT2D eigenvalue weighted by molar-refractivity contribution is 0.0967. The topological polar surface area (TPSA) is 149 Å². The summed E-state index contributed by atoms with van der Waals surface area (Å²) in [7, 11) is 1.47. The summed E-state index contributed by atoms with van der Waals surface area (Å²) in [5.41, 5.74) is 11.2. The summed E-state index contributed by atoms with van der Waals surface area (Å²) < 4.78 is 4.59. The molecular formula is C10H12N6O3S. The molecule has 2 amide bonds. The number of amides is 2. The van der Waals surface area contributed by atoms with Gasteiger partial charge in [0.2, 0.25) is 6.39 Å². The van der Waals surface area contributed by atoms with Gasteiger partial charge in [0.1, 0.15) is 9.88 Å². The normalized spacial score (nSPS) is 10.2. The number of thiophene rings is 1. The zero-order valence-electron chi connectivity index (χ0n) is 10.5. The molecule has 9 nitrogen and oxygen atoms in total. The molecule has 2 heterocycles. The number of carbonyl (C=O) groups is 2. The van der Waals surface area contributed by atoms with E-state index >= 15 is 0 Å². The third kappa shape index (κ3) is 2.54. The van der Waals surface area contributed by atoms with E-state index in [-0.39, 0.29) is 28.6 Å². The van der Waals surface area contributed by atoms with E-state index in [0.29, 0.717) is 10.8 Å². The highest BCUT2D eigenvalue weighted by atomic mass is 32.1. The van der Waals surface area contributed by atoms with E-state index in [9.17, 15) is 9.59 Å². The SMILES string of the molecule is CNC(=O)c1sc(NCc2ncon2)c(C(N)=O)c1N. The molecular weight excluding hydrogens is 284 g/mol. The first kappa shape index (κ1) is 13.8. The van der Waals surface area contributed by atoms with Crippen molar-refractivity contribution < 1.29 is 14.1 Å². The molecule has 0 radical (unpaired) electrons. The molecule has 20 heavy (non-hydrogen) atoms. The smallest absolute Gasteiger partial charge is 0.263 e. The molecule has 0 spiro atoms. The molecule has 106 valence electrons. The monoisotopic (exact) mass is 296 g/mol. The van der Waals surface area contributed by atoms with Crippen LogP contribution in [0.3, 0.4) is 0 Å². The molecule has 0 bridgehead atoms. The van der Waals surface area contributed by atoms with Crippen LogP contribution in [-0.2, 0) is 6.54 Å². The van der Waals surface area contributed by atoms with Crippen molar-refractivity contribution >= 4 is 33.8 Å². The van der Waals surface area contributed by atoms with Gasteiger partial charge < -0.3 is 26.6 Å². The van der Waals surface area contributed by atoms with Crippen LogP contribution >= 0.6 is 11.3 Å². The molecule has 2 aromatic heterocycles. The third-order valence-electron chi connectivity index (χ3n) is 2.44. The van der Waals surface area contributed by atoms with Crippen molar-refractivity contribution in [2.24, 2.45) is 5.73 Å². The Hall–Kier alpha value is -2.62. The summed E-state index contributed by atoms with van der Waals surface area (Å²) >= 11 is 1.03. The largest absolute Gasteiger partial charge is 0.397 e. The van der Waals surface area contributed by atoms with E-state index in [2.05, 4.69) is 25.3 Å². The van der Waals surface area contributed by atoms with Gasteiger partial charge in [-0.05, 0) is 0 Å². The van der Waals surface area contributed by atoms with Gasteiger partial charge in [0.25, 0.3) is 11.8 Å². The van der Waals surface area contributed by atoms with E-state index < -0.39 is 5.91 Å². The van der Waals surface area contributed by atoms with E-state index in [1.54, 1.807) is 0 Å². The van der Waals surface area contributed by atoms with Crippen LogP contribution in [0.1, 0.15) is 25.9 Å². The van der Waals surface area contributed by atoms with Crippen molar-refractivity contribution in [1.29, 1.82) is 0 Å². The molecule has 0 aromatic carbocycles. The van der Waals surface area contributed by atoms with Crippen LogP contribution in [0.5, 0.6) is 0 Å². The van der Waals surface area contributed by atoms with E-state index in [1.165, 1.54) is 13.4 Å². The molecule has 0 aliphatic carbocycles. The van der Waals surface area contributed by atoms with Crippen molar-refractivity contribution in [3.8, 4) is 0 Å². The van der Waals surface area contributed by atoms with Crippen LogP contribution in [0.2, 0.25) is 0 Å². The number of aromatic nitrogens is 2. The molecule has 10 heteroatoms. The molecule has 2 aromatic rings. The lowest BCUT2D eigenvalue weighted by Gasteiger charge is -2.02. The number of nitrogen functional groups attached to an aromatic ring is 1. The maximum Gasteiger partial charge on any atom is 0.263 e. The Labute approximate surface area is 117 Å². The lowest BCUT2D eigenvalue weighted by Crippen LogP contribution is -2.19. The zero-order valence-corrected chi connectivity index (χ0v) is 11.3. The minimum Gasteiger partial charge on any atom is -0.397 e. The Morgan fingerprint density at radius 1 is 1.50 bits per heavy atom. The Morgan fingerprint density at radius 2 is 2.25 bits per heavy atom. The first-order chi connectivity index (χ1) is 9.54. The average Bonchev–Trinajstić information content (AvgIpc) is 3.02. The van der Waals surface area contributed by atoms with Crippen molar-refractivity contribution in [3.63, 3.8) is 0 Å². The number of primary amides is 1. The van der Waals surface area contributed by atoms with Crippen LogP contribution < -0.4 is 22.1 Å². The van der Waals surface area contributed by atoms with Gasteiger partial charge in [-0.1, -0.05) is 5.16 Å². The van der Waals surface area contributed by atoms with E-state index in [4.69, 9.17) is 11.5 Å². The Bertz CT molecular complexity index is 636. The summed E-state index contributed by atoms with van der Waals surface area (Å²) in [5.74, 6) is -0.707. The van der Waals surface area contributed by atoms with Gasteiger partial charge in [-0.25, -0.2) is 0 Å². The quantitative estimate of drug-likeness (QED) is 0.596. The third-order valence-corrected chi connectivity index (χ3v) is 3.60. The second-order valence-corrected chi connectivity index (χ2v) is 4.71. The van der Waals surface area contributed by atoms with Gasteiger partial charge in [0, 0.05) is 7.05 Å². The van der Waals surface area contributed by atoms with Gasteiger partial charge in [-0.2, -0.15) is 4.98 Å². The predicted molar refractivity (Wildman–Crippen MR) is 72.3 cm³/mol. The first-order valence-electron chi connectivity index (χ1n) is 5.47. The Morgan fingerprint density at radius 3 is 2.80 bits per heavy atom. The van der Waals surface area contributed by atoms with E-state index in [1.807, 2.05) is 0 Å². The number of carbonyl (C=O) groups excluding carboxylic acids is 2. The molecule has 2 rings (SSSR count). The maximum atomic E-state index is 11.7. The fourth-order valence-electron chi connectivity index (χ4n) is 1.52. The number of hydrogen-bond donors (Lipinski definition) is 4. The van der Waals surface area contributed by atoms with Gasteiger partial charge in [0.05, 0.1) is 17.8 Å². The van der Waals surface area contributed by atoms with Crippen molar-refractivity contribution in [3.05, 3.63) is 22.7 Å². The van der Waals surface area contributed by atoms with Crippen molar-refractivity contribution in [1.82, 2.24) is 15.5 Å². The molecule has 0 saturated carbocycles. The maximum absolute atomic E-state index is 11.7. The minimum absolute atomic E-state index is 0.0532. The number of nitrogens with two attached hydrogens (primary N) is 2. The fourth-order valence-corrected chi connectivity index (χ4v) is 2.59. The highest BCUT2D eigenvalue weighted by Gasteiger charge is 2.23. The number of rotatable bonds is 5. The molecule has 0 aliphatic rings. The second kappa shape index (κ2) is 5.57. The zero-order chi connectivity index (χ0) is 14.7. The summed E-state index contributed by atoms with van der Waals surface area (Å²) in [5, 5.41) is 9.36. The van der Waals surface area contributed by atoms with Crippen LogP contribution in [0.15, 0.2) is 10.9 Å². The van der Waals surface area contributed by atoms with Crippen LogP contribution in [0, 0.1) is 0 Å². The minimum atomic E-state index is -0.718. The molecule has 0 saturated heterocycles. The number of hydrogen-bond acceptors (Lipinski definition) is 8. The van der Waals surface area contributed by atoms with Crippen LogP contribution in [-0.4, -0.2) is 29.0 Å². The summed E-state index contributed by atoms with van der Waals surface area (Å²) in [6.45, 7) is 0.212. The highest BCUT2D eigenvalue weighted by Crippen LogP contribution is 2.35. The summed E-state index contributed by atoms with van der Waals surface area (Å²) in [4.78, 5) is 27.2. The van der Waals surface area contributed by atoms with Crippen molar-refractivity contribution in [2.75, 3.05) is 18.1 Å². The van der Waals surface area contributed by atoms with Gasteiger partial charge in [0.15, 0.2) is 5.82 Å². The molecule has 0 fully saturated rings. The summed E-state index contributed by atoms with van der Waals surface area (Å²) in [6, 6.07) is 0. The van der Waals surface area contributed by atoms with Gasteiger partial charge >= 0.3 is 0 Å². The number of nitrogens with zero attached hydrogens (tertiary/aromatic N) is 2. The molecule has 0 unspecified atom stereocenters. The second-order valence-electron chi connectivity index (χ2n) is 3.69. The lowest BCUT2D eigenvalue weighted by atomic mass is 10.2. The predicted octanol–water partition coefficient (Wildman–Crippen LogP) is -0.216. The van der Waals surface area contributed by atoms with Gasteiger partial charge in [-0.3, -0.25) is 9.59 Å². The van der Waals surface area contributed by atoms with Crippen LogP contribution in [0.25, 0.3) is 0 Å². The standard InChI is InChI=1S/C10H12N6O3S/c1-13-9(18)7-6(11)5(8(12)17)10(20-7)14-2-4-15-3-19-16-4/h3,14H,2,11H2,1H3,(H2,12,17)(H,13,18).